The van der Waals surface area contributed by atoms with Gasteiger partial charge in [-0.05, 0) is 26.0 Å². The van der Waals surface area contributed by atoms with E-state index in [4.69, 9.17) is 0 Å². The standard InChI is InChI=1S/C12H20N2O3S/c1-11(10-18(2,16)17)13-7-5-9-14-8-4-3-6-12(14)15/h3-4,6,8,11,13H,5,7,9-10H2,1-2H3/t11-/m0/s1. The van der Waals surface area contributed by atoms with Crippen LogP contribution in [0.25, 0.3) is 0 Å². The molecule has 0 bridgehead atoms. The molecule has 0 amide bonds. The Morgan fingerprint density at radius 3 is 2.72 bits per heavy atom. The quantitative estimate of drug-likeness (QED) is 0.723. The molecule has 0 unspecified atom stereocenters. The van der Waals surface area contributed by atoms with Crippen LogP contribution >= 0.6 is 0 Å². The van der Waals surface area contributed by atoms with Gasteiger partial charge in [0.15, 0.2) is 0 Å². The lowest BCUT2D eigenvalue weighted by Gasteiger charge is -2.12. The van der Waals surface area contributed by atoms with Crippen molar-refractivity contribution >= 4 is 9.84 Å². The van der Waals surface area contributed by atoms with Gasteiger partial charge in [-0.25, -0.2) is 8.42 Å². The van der Waals surface area contributed by atoms with Crippen LogP contribution in [0.3, 0.4) is 0 Å². The Hall–Kier alpha value is -1.14. The summed E-state index contributed by atoms with van der Waals surface area (Å²) in [6.45, 7) is 3.17. The third kappa shape index (κ3) is 5.97. The van der Waals surface area contributed by atoms with E-state index in [1.54, 1.807) is 16.8 Å². The molecule has 1 heterocycles. The van der Waals surface area contributed by atoms with Gasteiger partial charge in [0.2, 0.25) is 5.56 Å². The van der Waals surface area contributed by atoms with Crippen molar-refractivity contribution in [1.82, 2.24) is 9.88 Å². The molecule has 0 aliphatic heterocycles. The van der Waals surface area contributed by atoms with Crippen LogP contribution in [0.1, 0.15) is 13.3 Å². The second-order valence-corrected chi connectivity index (χ2v) is 6.72. The van der Waals surface area contributed by atoms with Crippen LogP contribution in [0, 0.1) is 0 Å². The zero-order valence-electron chi connectivity index (χ0n) is 10.8. The minimum Gasteiger partial charge on any atom is -0.315 e. The summed E-state index contributed by atoms with van der Waals surface area (Å²) in [5.74, 6) is 0.137. The fourth-order valence-electron chi connectivity index (χ4n) is 1.76. The van der Waals surface area contributed by atoms with Gasteiger partial charge in [0.05, 0.1) is 5.75 Å². The van der Waals surface area contributed by atoms with Crippen LogP contribution in [-0.2, 0) is 16.4 Å². The summed E-state index contributed by atoms with van der Waals surface area (Å²) in [6, 6.07) is 5.00. The molecule has 102 valence electrons. The summed E-state index contributed by atoms with van der Waals surface area (Å²) in [5.41, 5.74) is -0.0123. The monoisotopic (exact) mass is 272 g/mol. The molecule has 18 heavy (non-hydrogen) atoms. The molecule has 1 aromatic heterocycles. The topological polar surface area (TPSA) is 68.2 Å². The van der Waals surface area contributed by atoms with Gasteiger partial charge in [-0.15, -0.1) is 0 Å². The number of hydrogen-bond donors (Lipinski definition) is 1. The molecule has 1 aromatic rings. The summed E-state index contributed by atoms with van der Waals surface area (Å²) in [7, 11) is -2.94. The van der Waals surface area contributed by atoms with E-state index in [0.29, 0.717) is 13.1 Å². The molecule has 0 saturated heterocycles. The van der Waals surface area contributed by atoms with Gasteiger partial charge in [-0.2, -0.15) is 0 Å². The van der Waals surface area contributed by atoms with E-state index in [1.165, 1.54) is 12.3 Å². The summed E-state index contributed by atoms with van der Waals surface area (Å²) < 4.78 is 23.8. The summed E-state index contributed by atoms with van der Waals surface area (Å²) in [4.78, 5) is 11.4. The molecule has 0 saturated carbocycles. The Morgan fingerprint density at radius 2 is 2.11 bits per heavy atom. The molecule has 1 atom stereocenters. The van der Waals surface area contributed by atoms with E-state index >= 15 is 0 Å². The number of nitrogens with one attached hydrogen (secondary N) is 1. The number of sulfone groups is 1. The average molecular weight is 272 g/mol. The molecule has 5 nitrogen and oxygen atoms in total. The minimum atomic E-state index is -2.94. The van der Waals surface area contributed by atoms with Crippen LogP contribution < -0.4 is 10.9 Å². The van der Waals surface area contributed by atoms with Crippen LogP contribution in [0.15, 0.2) is 29.2 Å². The molecular formula is C12H20N2O3S. The lowest BCUT2D eigenvalue weighted by Crippen LogP contribution is -2.34. The van der Waals surface area contributed by atoms with E-state index in [9.17, 15) is 13.2 Å². The first kappa shape index (κ1) is 14.9. The Labute approximate surface area is 108 Å². The highest BCUT2D eigenvalue weighted by atomic mass is 32.2. The van der Waals surface area contributed by atoms with E-state index in [-0.39, 0.29) is 17.4 Å². The zero-order chi connectivity index (χ0) is 13.6. The smallest absolute Gasteiger partial charge is 0.250 e. The van der Waals surface area contributed by atoms with E-state index < -0.39 is 9.84 Å². The van der Waals surface area contributed by atoms with E-state index in [0.717, 1.165) is 6.42 Å². The molecule has 0 aromatic carbocycles. The molecule has 0 fully saturated rings. The number of aryl methyl sites for hydroxylation is 1. The van der Waals surface area contributed by atoms with Crippen LogP contribution in [-0.4, -0.2) is 37.6 Å². The van der Waals surface area contributed by atoms with Gasteiger partial charge in [0.25, 0.3) is 0 Å². The molecule has 0 spiro atoms. The lowest BCUT2D eigenvalue weighted by molar-refractivity contribution is 0.523. The Morgan fingerprint density at radius 1 is 1.39 bits per heavy atom. The summed E-state index contributed by atoms with van der Waals surface area (Å²) in [6.07, 6.45) is 3.77. The van der Waals surface area contributed by atoms with Crippen molar-refractivity contribution in [2.75, 3.05) is 18.6 Å². The molecule has 1 N–H and O–H groups in total. The van der Waals surface area contributed by atoms with Crippen molar-refractivity contribution in [3.63, 3.8) is 0 Å². The van der Waals surface area contributed by atoms with Crippen molar-refractivity contribution in [3.05, 3.63) is 34.7 Å². The minimum absolute atomic E-state index is 0.0123. The summed E-state index contributed by atoms with van der Waals surface area (Å²) in [5, 5.41) is 3.13. The SMILES string of the molecule is C[C@@H](CS(C)(=O)=O)NCCCn1ccccc1=O. The second-order valence-electron chi connectivity index (χ2n) is 4.53. The predicted octanol–water partition coefficient (Wildman–Crippen LogP) is 0.261. The summed E-state index contributed by atoms with van der Waals surface area (Å²) >= 11 is 0. The Balaban J connectivity index is 2.27. The van der Waals surface area contributed by atoms with Gasteiger partial charge >= 0.3 is 0 Å². The second kappa shape index (κ2) is 6.70. The number of nitrogens with zero attached hydrogens (tertiary/aromatic N) is 1. The van der Waals surface area contributed by atoms with Crippen molar-refractivity contribution in [1.29, 1.82) is 0 Å². The first-order valence-electron chi connectivity index (χ1n) is 5.95. The van der Waals surface area contributed by atoms with E-state index in [2.05, 4.69) is 5.32 Å². The fourth-order valence-corrected chi connectivity index (χ4v) is 2.78. The van der Waals surface area contributed by atoms with Gasteiger partial charge < -0.3 is 9.88 Å². The Kier molecular flexibility index (Phi) is 5.55. The molecular weight excluding hydrogens is 252 g/mol. The zero-order valence-corrected chi connectivity index (χ0v) is 11.6. The maximum Gasteiger partial charge on any atom is 0.250 e. The van der Waals surface area contributed by atoms with Crippen molar-refractivity contribution in [2.45, 2.75) is 25.9 Å². The highest BCUT2D eigenvalue weighted by Crippen LogP contribution is 1.92. The molecule has 6 heteroatoms. The fraction of sp³-hybridized carbons (Fsp3) is 0.583. The third-order valence-corrected chi connectivity index (χ3v) is 3.63. The normalized spacial score (nSPS) is 13.4. The van der Waals surface area contributed by atoms with Crippen LogP contribution in [0.5, 0.6) is 0 Å². The number of hydrogen-bond acceptors (Lipinski definition) is 4. The van der Waals surface area contributed by atoms with Gasteiger partial charge in [0.1, 0.15) is 9.84 Å². The maximum atomic E-state index is 11.4. The number of pyridine rings is 1. The van der Waals surface area contributed by atoms with Crippen molar-refractivity contribution in [3.8, 4) is 0 Å². The van der Waals surface area contributed by atoms with Crippen molar-refractivity contribution in [2.24, 2.45) is 0 Å². The van der Waals surface area contributed by atoms with Gasteiger partial charge in [-0.3, -0.25) is 4.79 Å². The number of aromatic nitrogens is 1. The maximum absolute atomic E-state index is 11.4. The Bertz CT molecular complexity index is 522. The largest absolute Gasteiger partial charge is 0.315 e. The number of rotatable bonds is 7. The molecule has 1 rings (SSSR count). The highest BCUT2D eigenvalue weighted by Gasteiger charge is 2.09. The van der Waals surface area contributed by atoms with E-state index in [1.807, 2.05) is 13.0 Å². The first-order chi connectivity index (χ1) is 8.38. The lowest BCUT2D eigenvalue weighted by atomic mass is 10.3. The van der Waals surface area contributed by atoms with Crippen molar-refractivity contribution < 1.29 is 8.42 Å². The van der Waals surface area contributed by atoms with Crippen LogP contribution in [0.4, 0.5) is 0 Å². The van der Waals surface area contributed by atoms with Crippen LogP contribution in [0.2, 0.25) is 0 Å². The van der Waals surface area contributed by atoms with Gasteiger partial charge in [-0.1, -0.05) is 6.07 Å². The first-order valence-corrected chi connectivity index (χ1v) is 8.01. The molecule has 0 aliphatic rings. The van der Waals surface area contributed by atoms with Gasteiger partial charge in [0, 0.05) is 31.1 Å². The third-order valence-electron chi connectivity index (χ3n) is 2.52. The average Bonchev–Trinajstić information content (AvgIpc) is 2.24. The highest BCUT2D eigenvalue weighted by molar-refractivity contribution is 7.90. The molecule has 0 aliphatic carbocycles. The molecule has 0 radical (unpaired) electrons. The predicted molar refractivity (Wildman–Crippen MR) is 72.5 cm³/mol.